The van der Waals surface area contributed by atoms with E-state index in [0.717, 1.165) is 5.92 Å². The Kier molecular flexibility index (Phi) is 4.60. The van der Waals surface area contributed by atoms with Crippen molar-refractivity contribution in [3.05, 3.63) is 33.8 Å². The van der Waals surface area contributed by atoms with Crippen LogP contribution in [-0.4, -0.2) is 12.6 Å². The molecule has 1 fully saturated rings. The summed E-state index contributed by atoms with van der Waals surface area (Å²) in [5.41, 5.74) is 3.09. The summed E-state index contributed by atoms with van der Waals surface area (Å²) < 4.78 is 1.22. The first-order valence-corrected chi connectivity index (χ1v) is 8.61. The summed E-state index contributed by atoms with van der Waals surface area (Å²) in [4.78, 5) is 0. The number of fused-ring (bicyclic) bond motifs is 1. The van der Waals surface area contributed by atoms with Crippen molar-refractivity contribution < 1.29 is 0 Å². The molecule has 3 rings (SSSR count). The highest BCUT2D eigenvalue weighted by Gasteiger charge is 2.19. The summed E-state index contributed by atoms with van der Waals surface area (Å²) in [6, 6.07) is 7.48. The third-order valence-electron chi connectivity index (χ3n) is 4.86. The molecule has 1 N–H and O–H groups in total. The summed E-state index contributed by atoms with van der Waals surface area (Å²) in [6.07, 6.45) is 11.0. The van der Waals surface area contributed by atoms with Crippen LogP contribution in [0.3, 0.4) is 0 Å². The molecule has 0 amide bonds. The Hall–Kier alpha value is -0.340. The quantitative estimate of drug-likeness (QED) is 0.862. The predicted octanol–water partition coefficient (Wildman–Crippen LogP) is 4.48. The highest BCUT2D eigenvalue weighted by molar-refractivity contribution is 9.10. The highest BCUT2D eigenvalue weighted by Crippen LogP contribution is 2.28. The lowest BCUT2D eigenvalue weighted by atomic mass is 9.88. The van der Waals surface area contributed by atoms with Crippen molar-refractivity contribution in [1.29, 1.82) is 0 Å². The summed E-state index contributed by atoms with van der Waals surface area (Å²) in [5, 5.41) is 3.79. The summed E-state index contributed by atoms with van der Waals surface area (Å²) in [5.74, 6) is 1.01. The second kappa shape index (κ2) is 6.41. The van der Waals surface area contributed by atoms with Crippen LogP contribution in [0.4, 0.5) is 0 Å². The van der Waals surface area contributed by atoms with Crippen LogP contribution in [0.15, 0.2) is 22.7 Å². The number of hydrogen-bond acceptors (Lipinski definition) is 1. The SMILES string of the molecule is Brc1ccc2c(c1)CCC(NCCC1CCCC1)C2. The van der Waals surface area contributed by atoms with Gasteiger partial charge in [-0.15, -0.1) is 0 Å². The Bertz CT molecular complexity index is 423. The molecule has 0 heterocycles. The van der Waals surface area contributed by atoms with Gasteiger partial charge in [0.05, 0.1) is 0 Å². The molecule has 0 aromatic heterocycles. The van der Waals surface area contributed by atoms with Crippen LogP contribution >= 0.6 is 15.9 Å². The van der Waals surface area contributed by atoms with E-state index >= 15 is 0 Å². The van der Waals surface area contributed by atoms with Crippen LogP contribution in [0.2, 0.25) is 0 Å². The average molecular weight is 322 g/mol. The first-order chi connectivity index (χ1) is 9.31. The first kappa shape index (κ1) is 13.6. The van der Waals surface area contributed by atoms with Gasteiger partial charge in [-0.25, -0.2) is 0 Å². The molecule has 2 aliphatic carbocycles. The Morgan fingerprint density at radius 1 is 1.11 bits per heavy atom. The van der Waals surface area contributed by atoms with Gasteiger partial charge in [0.15, 0.2) is 0 Å². The Morgan fingerprint density at radius 2 is 1.95 bits per heavy atom. The average Bonchev–Trinajstić information content (AvgIpc) is 2.92. The molecule has 0 spiro atoms. The second-order valence-corrected chi connectivity index (χ2v) is 7.16. The lowest BCUT2D eigenvalue weighted by Gasteiger charge is -2.26. The van der Waals surface area contributed by atoms with E-state index in [2.05, 4.69) is 39.4 Å². The summed E-state index contributed by atoms with van der Waals surface area (Å²) in [7, 11) is 0. The molecule has 104 valence electrons. The molecule has 0 saturated heterocycles. The van der Waals surface area contributed by atoms with Crippen LogP contribution in [0.1, 0.15) is 49.7 Å². The number of hydrogen-bond donors (Lipinski definition) is 1. The molecular formula is C17H24BrN. The fraction of sp³-hybridized carbons (Fsp3) is 0.647. The molecule has 0 aliphatic heterocycles. The van der Waals surface area contributed by atoms with E-state index in [1.807, 2.05) is 0 Å². The molecule has 1 aromatic carbocycles. The van der Waals surface area contributed by atoms with Crippen LogP contribution in [0, 0.1) is 5.92 Å². The molecule has 1 atom stereocenters. The standard InChI is InChI=1S/C17H24BrN/c18-16-7-5-15-12-17(8-6-14(15)11-16)19-10-9-13-3-1-2-4-13/h5,7,11,13,17,19H,1-4,6,8-10,12H2. The van der Waals surface area contributed by atoms with Gasteiger partial charge in [0, 0.05) is 10.5 Å². The molecule has 1 saturated carbocycles. The van der Waals surface area contributed by atoms with Crippen molar-refractivity contribution in [2.75, 3.05) is 6.54 Å². The van der Waals surface area contributed by atoms with Gasteiger partial charge < -0.3 is 5.32 Å². The van der Waals surface area contributed by atoms with E-state index in [0.29, 0.717) is 6.04 Å². The van der Waals surface area contributed by atoms with Gasteiger partial charge in [-0.1, -0.05) is 47.7 Å². The molecule has 2 aliphatic rings. The topological polar surface area (TPSA) is 12.0 Å². The number of benzene rings is 1. The van der Waals surface area contributed by atoms with Crippen molar-refractivity contribution in [1.82, 2.24) is 5.32 Å². The molecule has 1 unspecified atom stereocenters. The zero-order chi connectivity index (χ0) is 13.1. The van der Waals surface area contributed by atoms with E-state index in [1.54, 1.807) is 11.1 Å². The minimum Gasteiger partial charge on any atom is -0.314 e. The number of rotatable bonds is 4. The molecule has 1 aromatic rings. The Balaban J connectivity index is 1.47. The highest BCUT2D eigenvalue weighted by atomic mass is 79.9. The van der Waals surface area contributed by atoms with E-state index in [1.165, 1.54) is 62.4 Å². The van der Waals surface area contributed by atoms with Crippen molar-refractivity contribution in [2.45, 2.75) is 57.4 Å². The largest absolute Gasteiger partial charge is 0.314 e. The minimum atomic E-state index is 0.704. The zero-order valence-corrected chi connectivity index (χ0v) is 13.2. The van der Waals surface area contributed by atoms with Crippen molar-refractivity contribution in [2.24, 2.45) is 5.92 Å². The lowest BCUT2D eigenvalue weighted by molar-refractivity contribution is 0.413. The van der Waals surface area contributed by atoms with Gasteiger partial charge in [-0.2, -0.15) is 0 Å². The number of halogens is 1. The van der Waals surface area contributed by atoms with E-state index in [-0.39, 0.29) is 0 Å². The fourth-order valence-electron chi connectivity index (χ4n) is 3.69. The smallest absolute Gasteiger partial charge is 0.0178 e. The van der Waals surface area contributed by atoms with Gasteiger partial charge in [0.2, 0.25) is 0 Å². The van der Waals surface area contributed by atoms with E-state index < -0.39 is 0 Å². The van der Waals surface area contributed by atoms with Crippen LogP contribution < -0.4 is 5.32 Å². The Morgan fingerprint density at radius 3 is 2.79 bits per heavy atom. The maximum absolute atomic E-state index is 3.79. The number of nitrogens with one attached hydrogen (secondary N) is 1. The molecule has 2 heteroatoms. The van der Waals surface area contributed by atoms with Gasteiger partial charge in [0.1, 0.15) is 0 Å². The van der Waals surface area contributed by atoms with Crippen LogP contribution in [0.25, 0.3) is 0 Å². The maximum Gasteiger partial charge on any atom is 0.0178 e. The summed E-state index contributed by atoms with van der Waals surface area (Å²) in [6.45, 7) is 1.22. The first-order valence-electron chi connectivity index (χ1n) is 7.82. The third kappa shape index (κ3) is 3.61. The van der Waals surface area contributed by atoms with E-state index in [4.69, 9.17) is 0 Å². The minimum absolute atomic E-state index is 0.704. The molecule has 1 nitrogen and oxygen atoms in total. The molecule has 19 heavy (non-hydrogen) atoms. The van der Waals surface area contributed by atoms with Gasteiger partial charge in [-0.05, 0) is 61.4 Å². The molecule has 0 bridgehead atoms. The van der Waals surface area contributed by atoms with E-state index in [9.17, 15) is 0 Å². The Labute approximate surface area is 125 Å². The van der Waals surface area contributed by atoms with Crippen molar-refractivity contribution >= 4 is 15.9 Å². The van der Waals surface area contributed by atoms with Gasteiger partial charge >= 0.3 is 0 Å². The van der Waals surface area contributed by atoms with Gasteiger partial charge in [-0.3, -0.25) is 0 Å². The van der Waals surface area contributed by atoms with Crippen LogP contribution in [-0.2, 0) is 12.8 Å². The normalized spacial score (nSPS) is 23.5. The van der Waals surface area contributed by atoms with Gasteiger partial charge in [0.25, 0.3) is 0 Å². The molecule has 0 radical (unpaired) electrons. The van der Waals surface area contributed by atoms with Crippen molar-refractivity contribution in [3.63, 3.8) is 0 Å². The third-order valence-corrected chi connectivity index (χ3v) is 5.35. The van der Waals surface area contributed by atoms with Crippen molar-refractivity contribution in [3.8, 4) is 0 Å². The van der Waals surface area contributed by atoms with Crippen LogP contribution in [0.5, 0.6) is 0 Å². The monoisotopic (exact) mass is 321 g/mol. The molecular weight excluding hydrogens is 298 g/mol. The lowest BCUT2D eigenvalue weighted by Crippen LogP contribution is -2.35. The zero-order valence-electron chi connectivity index (χ0n) is 11.6. The number of aryl methyl sites for hydroxylation is 1. The maximum atomic E-state index is 3.79. The fourth-order valence-corrected chi connectivity index (χ4v) is 4.10. The predicted molar refractivity (Wildman–Crippen MR) is 84.5 cm³/mol. The second-order valence-electron chi connectivity index (χ2n) is 6.25. The summed E-state index contributed by atoms with van der Waals surface area (Å²) >= 11 is 3.57.